The van der Waals surface area contributed by atoms with Crippen LogP contribution in [0.3, 0.4) is 0 Å². The van der Waals surface area contributed by atoms with Crippen LogP contribution in [0.5, 0.6) is 0 Å². The summed E-state index contributed by atoms with van der Waals surface area (Å²) in [5.74, 6) is 0.696. The highest BCUT2D eigenvalue weighted by Crippen LogP contribution is 2.26. The van der Waals surface area contributed by atoms with Crippen molar-refractivity contribution < 1.29 is 4.65 Å². The zero-order valence-corrected chi connectivity index (χ0v) is 17.6. The fraction of sp³-hybridized carbons (Fsp3) is 0.200. The molecular weight excluding hydrogens is 355 g/mol. The van der Waals surface area contributed by atoms with Crippen LogP contribution in [0.25, 0.3) is 28.1 Å². The SMILES string of the molecule is C=C(BOC(C)(C)C)/C=C(\C)c1nc(-c2ccccc2)cc(-c2ccccc2)n1. The molecule has 0 fully saturated rings. The molecule has 29 heavy (non-hydrogen) atoms. The summed E-state index contributed by atoms with van der Waals surface area (Å²) < 4.78 is 5.83. The van der Waals surface area contributed by atoms with Crippen molar-refractivity contribution in [1.29, 1.82) is 0 Å². The van der Waals surface area contributed by atoms with E-state index in [1.165, 1.54) is 0 Å². The quantitative estimate of drug-likeness (QED) is 0.394. The summed E-state index contributed by atoms with van der Waals surface area (Å²) in [6, 6.07) is 22.4. The second-order valence-corrected chi connectivity index (χ2v) is 8.08. The first-order valence-corrected chi connectivity index (χ1v) is 9.82. The maximum Gasteiger partial charge on any atom is 0.308 e. The molecular formula is C25H27BN2O. The van der Waals surface area contributed by atoms with Crippen molar-refractivity contribution in [2.75, 3.05) is 0 Å². The molecule has 0 bridgehead atoms. The van der Waals surface area contributed by atoms with Gasteiger partial charge in [0.2, 0.25) is 0 Å². The van der Waals surface area contributed by atoms with Crippen molar-refractivity contribution in [3.63, 3.8) is 0 Å². The summed E-state index contributed by atoms with van der Waals surface area (Å²) in [5.41, 5.74) is 5.59. The van der Waals surface area contributed by atoms with Crippen LogP contribution in [0.1, 0.15) is 33.5 Å². The first-order chi connectivity index (χ1) is 13.8. The van der Waals surface area contributed by atoms with Crippen LogP contribution in [0.15, 0.2) is 84.9 Å². The number of benzene rings is 2. The smallest absolute Gasteiger partial charge is 0.308 e. The summed E-state index contributed by atoms with van der Waals surface area (Å²) in [7, 11) is 0.477. The predicted octanol–water partition coefficient (Wildman–Crippen LogP) is 5.89. The highest BCUT2D eigenvalue weighted by Gasteiger charge is 2.13. The minimum absolute atomic E-state index is 0.200. The third-order valence-corrected chi connectivity index (χ3v) is 4.33. The lowest BCUT2D eigenvalue weighted by Crippen LogP contribution is -2.22. The third kappa shape index (κ3) is 6.00. The lowest BCUT2D eigenvalue weighted by molar-refractivity contribution is 0.141. The van der Waals surface area contributed by atoms with E-state index in [2.05, 4.69) is 30.8 Å². The Labute approximate surface area is 174 Å². The van der Waals surface area contributed by atoms with Crippen LogP contribution in [0, 0.1) is 0 Å². The molecule has 0 saturated heterocycles. The minimum Gasteiger partial charge on any atom is -0.430 e. The monoisotopic (exact) mass is 382 g/mol. The summed E-state index contributed by atoms with van der Waals surface area (Å²) in [6.45, 7) is 12.3. The van der Waals surface area contributed by atoms with Gasteiger partial charge in [0.05, 0.1) is 11.4 Å². The Morgan fingerprint density at radius 1 is 0.897 bits per heavy atom. The molecule has 3 nitrogen and oxygen atoms in total. The van der Waals surface area contributed by atoms with Crippen LogP contribution >= 0.6 is 0 Å². The summed E-state index contributed by atoms with van der Waals surface area (Å²) in [5, 5.41) is 0. The van der Waals surface area contributed by atoms with E-state index in [4.69, 9.17) is 14.6 Å². The Morgan fingerprint density at radius 3 is 1.83 bits per heavy atom. The Morgan fingerprint density at radius 2 is 1.38 bits per heavy atom. The summed E-state index contributed by atoms with van der Waals surface area (Å²) in [6.07, 6.45) is 2.00. The van der Waals surface area contributed by atoms with E-state index < -0.39 is 0 Å². The molecule has 0 aliphatic rings. The van der Waals surface area contributed by atoms with Gasteiger partial charge in [-0.05, 0) is 39.3 Å². The van der Waals surface area contributed by atoms with Gasteiger partial charge in [0.25, 0.3) is 0 Å². The molecule has 1 heterocycles. The standard InChI is InChI=1S/C25H27BN2O/c1-18(16-19(2)26-29-25(3,4)5)24-27-22(20-12-8-6-9-13-20)17-23(28-24)21-14-10-7-11-15-21/h6-17,26H,2H2,1,3-5H3/b18-16+. The normalized spacial score (nSPS) is 11.9. The van der Waals surface area contributed by atoms with Gasteiger partial charge in [-0.15, -0.1) is 6.58 Å². The Kier molecular flexibility index (Phi) is 6.45. The third-order valence-electron chi connectivity index (χ3n) is 4.33. The van der Waals surface area contributed by atoms with Crippen molar-refractivity contribution in [3.8, 4) is 22.5 Å². The average molecular weight is 382 g/mol. The topological polar surface area (TPSA) is 35.0 Å². The van der Waals surface area contributed by atoms with Gasteiger partial charge in [-0.2, -0.15) is 0 Å². The highest BCUT2D eigenvalue weighted by molar-refractivity contribution is 6.39. The maximum atomic E-state index is 5.83. The van der Waals surface area contributed by atoms with Crippen molar-refractivity contribution >= 4 is 13.1 Å². The Balaban J connectivity index is 1.99. The molecule has 0 N–H and O–H groups in total. The van der Waals surface area contributed by atoms with Crippen LogP contribution in [-0.2, 0) is 4.65 Å². The number of rotatable bonds is 6. The van der Waals surface area contributed by atoms with Crippen LogP contribution in [-0.4, -0.2) is 23.1 Å². The largest absolute Gasteiger partial charge is 0.430 e. The zero-order chi connectivity index (χ0) is 20.9. The van der Waals surface area contributed by atoms with Gasteiger partial charge < -0.3 is 4.65 Å². The molecule has 0 amide bonds. The van der Waals surface area contributed by atoms with Crippen molar-refractivity contribution in [2.45, 2.75) is 33.3 Å². The van der Waals surface area contributed by atoms with E-state index in [0.717, 1.165) is 33.6 Å². The van der Waals surface area contributed by atoms with E-state index in [-0.39, 0.29) is 5.60 Å². The van der Waals surface area contributed by atoms with Crippen LogP contribution in [0.2, 0.25) is 0 Å². The molecule has 0 saturated carbocycles. The van der Waals surface area contributed by atoms with Gasteiger partial charge in [0.15, 0.2) is 5.82 Å². The fourth-order valence-corrected chi connectivity index (χ4v) is 2.86. The van der Waals surface area contributed by atoms with Crippen molar-refractivity contribution in [1.82, 2.24) is 9.97 Å². The molecule has 4 heteroatoms. The molecule has 1 aromatic heterocycles. The molecule has 3 rings (SSSR count). The molecule has 0 radical (unpaired) electrons. The molecule has 0 spiro atoms. The molecule has 0 unspecified atom stereocenters. The average Bonchev–Trinajstić information content (AvgIpc) is 2.73. The van der Waals surface area contributed by atoms with Gasteiger partial charge in [-0.25, -0.2) is 9.97 Å². The molecule has 0 aliphatic heterocycles. The van der Waals surface area contributed by atoms with Crippen molar-refractivity contribution in [2.24, 2.45) is 0 Å². The van der Waals surface area contributed by atoms with Crippen LogP contribution in [0.4, 0.5) is 0 Å². The number of aromatic nitrogens is 2. The van der Waals surface area contributed by atoms with Gasteiger partial charge in [-0.1, -0.05) is 72.2 Å². The maximum absolute atomic E-state index is 5.83. The van der Waals surface area contributed by atoms with Crippen LogP contribution < -0.4 is 0 Å². The lowest BCUT2D eigenvalue weighted by Gasteiger charge is -2.19. The van der Waals surface area contributed by atoms with E-state index in [1.807, 2.05) is 76.2 Å². The molecule has 146 valence electrons. The number of hydrogen-bond donors (Lipinski definition) is 0. The lowest BCUT2D eigenvalue weighted by atomic mass is 9.86. The molecule has 3 aromatic rings. The first-order valence-electron chi connectivity index (χ1n) is 9.82. The minimum atomic E-state index is -0.200. The van der Waals surface area contributed by atoms with Crippen molar-refractivity contribution in [3.05, 3.63) is 90.7 Å². The number of allylic oxidation sites excluding steroid dienone is 3. The van der Waals surface area contributed by atoms with Gasteiger partial charge in [0.1, 0.15) is 0 Å². The summed E-state index contributed by atoms with van der Waals surface area (Å²) >= 11 is 0. The Hall–Kier alpha value is -2.98. The first kappa shape index (κ1) is 20.8. The zero-order valence-electron chi connectivity index (χ0n) is 17.6. The summed E-state index contributed by atoms with van der Waals surface area (Å²) in [4.78, 5) is 9.66. The van der Waals surface area contributed by atoms with Gasteiger partial charge in [-0.3, -0.25) is 0 Å². The van der Waals surface area contributed by atoms with Gasteiger partial charge >= 0.3 is 7.48 Å². The van der Waals surface area contributed by atoms with E-state index in [0.29, 0.717) is 13.3 Å². The molecule has 2 aromatic carbocycles. The molecule has 0 atom stereocenters. The van der Waals surface area contributed by atoms with E-state index in [9.17, 15) is 0 Å². The second kappa shape index (κ2) is 9.02. The second-order valence-electron chi connectivity index (χ2n) is 8.08. The highest BCUT2D eigenvalue weighted by atomic mass is 16.5. The molecule has 0 aliphatic carbocycles. The Bertz CT molecular complexity index is 948. The number of nitrogens with zero attached hydrogens (tertiary/aromatic N) is 2. The van der Waals surface area contributed by atoms with Gasteiger partial charge in [0, 0.05) is 16.7 Å². The predicted molar refractivity (Wildman–Crippen MR) is 124 cm³/mol. The van der Waals surface area contributed by atoms with E-state index in [1.54, 1.807) is 0 Å². The fourth-order valence-electron chi connectivity index (χ4n) is 2.86. The van der Waals surface area contributed by atoms with E-state index >= 15 is 0 Å². The number of hydrogen-bond acceptors (Lipinski definition) is 3.